The van der Waals surface area contributed by atoms with E-state index in [1.165, 1.54) is 16.9 Å². The molecule has 1 N–H and O–H groups in total. The predicted molar refractivity (Wildman–Crippen MR) is 100 cm³/mol. The first kappa shape index (κ1) is 16.3. The smallest absolute Gasteiger partial charge is 0.341 e. The van der Waals surface area contributed by atoms with Crippen molar-refractivity contribution in [2.24, 2.45) is 0 Å². The molecule has 0 saturated carbocycles. The number of hydrogen-bond donors (Lipinski definition) is 1. The maximum Gasteiger partial charge on any atom is 0.341 e. The second kappa shape index (κ2) is 7.32. The Labute approximate surface area is 145 Å². The van der Waals surface area contributed by atoms with Gasteiger partial charge in [0.2, 0.25) is 0 Å². The molecule has 0 atom stereocenters. The molecule has 0 aliphatic carbocycles. The maximum absolute atomic E-state index is 12.5. The minimum atomic E-state index is -0.299. The highest BCUT2D eigenvalue weighted by Gasteiger charge is 2.21. The molecule has 3 nitrogen and oxygen atoms in total. The van der Waals surface area contributed by atoms with Crippen molar-refractivity contribution in [2.45, 2.75) is 13.8 Å². The first-order valence-corrected chi connectivity index (χ1v) is 8.74. The minimum absolute atomic E-state index is 0.299. The van der Waals surface area contributed by atoms with Crippen molar-refractivity contribution in [3.05, 3.63) is 71.1 Å². The summed E-state index contributed by atoms with van der Waals surface area (Å²) in [5, 5.41) is 6.15. The van der Waals surface area contributed by atoms with Crippen LogP contribution in [0.5, 0.6) is 0 Å². The fourth-order valence-electron chi connectivity index (χ4n) is 2.45. The number of carbonyl (C=O) groups is 1. The maximum atomic E-state index is 12.5. The van der Waals surface area contributed by atoms with Crippen LogP contribution in [0.4, 0.5) is 10.7 Å². The van der Waals surface area contributed by atoms with Crippen LogP contribution in [0.2, 0.25) is 0 Å². The van der Waals surface area contributed by atoms with Crippen LogP contribution in [0.15, 0.2) is 60.0 Å². The van der Waals surface area contributed by atoms with E-state index in [2.05, 4.69) is 5.32 Å². The number of anilines is 2. The van der Waals surface area contributed by atoms with Crippen LogP contribution in [-0.2, 0) is 4.74 Å². The highest BCUT2D eigenvalue weighted by atomic mass is 32.1. The highest BCUT2D eigenvalue weighted by Crippen LogP contribution is 2.37. The van der Waals surface area contributed by atoms with E-state index in [0.717, 1.165) is 21.8 Å². The van der Waals surface area contributed by atoms with Crippen molar-refractivity contribution in [3.63, 3.8) is 0 Å². The Bertz CT molecular complexity index is 823. The zero-order chi connectivity index (χ0) is 16.9. The van der Waals surface area contributed by atoms with Crippen molar-refractivity contribution in [3.8, 4) is 11.1 Å². The molecule has 0 unspecified atom stereocenters. The second-order valence-corrected chi connectivity index (χ2v) is 6.31. The van der Waals surface area contributed by atoms with Crippen molar-refractivity contribution in [1.82, 2.24) is 0 Å². The first-order valence-electron chi connectivity index (χ1n) is 7.86. The van der Waals surface area contributed by atoms with Crippen LogP contribution in [0.3, 0.4) is 0 Å². The Morgan fingerprint density at radius 1 is 1.08 bits per heavy atom. The van der Waals surface area contributed by atoms with E-state index in [4.69, 9.17) is 4.74 Å². The number of carbonyl (C=O) groups excluding carboxylic acids is 1. The molecule has 0 saturated heterocycles. The predicted octanol–water partition coefficient (Wildman–Crippen LogP) is 5.64. The molecule has 0 spiro atoms. The van der Waals surface area contributed by atoms with E-state index in [-0.39, 0.29) is 5.97 Å². The molecule has 122 valence electrons. The molecule has 0 bridgehead atoms. The minimum Gasteiger partial charge on any atom is -0.462 e. The van der Waals surface area contributed by atoms with Crippen LogP contribution in [0.25, 0.3) is 11.1 Å². The summed E-state index contributed by atoms with van der Waals surface area (Å²) in [5.41, 5.74) is 4.64. The number of aryl methyl sites for hydroxylation is 1. The molecule has 3 rings (SSSR count). The van der Waals surface area contributed by atoms with Gasteiger partial charge >= 0.3 is 5.97 Å². The van der Waals surface area contributed by atoms with E-state index >= 15 is 0 Å². The summed E-state index contributed by atoms with van der Waals surface area (Å²) in [4.78, 5) is 12.5. The summed E-state index contributed by atoms with van der Waals surface area (Å²) in [5.74, 6) is -0.299. The number of esters is 1. The van der Waals surface area contributed by atoms with E-state index in [1.54, 1.807) is 0 Å². The van der Waals surface area contributed by atoms with Gasteiger partial charge in [-0.15, -0.1) is 11.3 Å². The largest absolute Gasteiger partial charge is 0.462 e. The van der Waals surface area contributed by atoms with E-state index in [9.17, 15) is 4.79 Å². The van der Waals surface area contributed by atoms with Crippen molar-refractivity contribution < 1.29 is 9.53 Å². The SMILES string of the molecule is CCOC(=O)c1c(-c2ccccc2)csc1Nc1ccc(C)cc1. The van der Waals surface area contributed by atoms with E-state index in [0.29, 0.717) is 12.2 Å². The van der Waals surface area contributed by atoms with Gasteiger partial charge < -0.3 is 10.1 Å². The Hall–Kier alpha value is -2.59. The van der Waals surface area contributed by atoms with Crippen LogP contribution in [-0.4, -0.2) is 12.6 Å². The fourth-order valence-corrected chi connectivity index (χ4v) is 3.43. The summed E-state index contributed by atoms with van der Waals surface area (Å²) in [6.07, 6.45) is 0. The van der Waals surface area contributed by atoms with Gasteiger partial charge in [0, 0.05) is 16.6 Å². The zero-order valence-electron chi connectivity index (χ0n) is 13.7. The fraction of sp³-hybridized carbons (Fsp3) is 0.150. The van der Waals surface area contributed by atoms with Gasteiger partial charge in [-0.05, 0) is 31.5 Å². The quantitative estimate of drug-likeness (QED) is 0.612. The normalized spacial score (nSPS) is 10.4. The van der Waals surface area contributed by atoms with Crippen LogP contribution in [0, 0.1) is 6.92 Å². The van der Waals surface area contributed by atoms with E-state index in [1.807, 2.05) is 73.8 Å². The molecule has 1 heterocycles. The average Bonchev–Trinajstić information content (AvgIpc) is 3.01. The molecule has 4 heteroatoms. The summed E-state index contributed by atoms with van der Waals surface area (Å²) >= 11 is 1.51. The Morgan fingerprint density at radius 2 is 1.79 bits per heavy atom. The Balaban J connectivity index is 2.01. The molecule has 24 heavy (non-hydrogen) atoms. The molecule has 0 aliphatic heterocycles. The number of benzene rings is 2. The first-order chi connectivity index (χ1) is 11.7. The Morgan fingerprint density at radius 3 is 2.46 bits per heavy atom. The van der Waals surface area contributed by atoms with Crippen molar-refractivity contribution >= 4 is 28.0 Å². The third-order valence-electron chi connectivity index (χ3n) is 3.66. The van der Waals surface area contributed by atoms with E-state index < -0.39 is 0 Å². The summed E-state index contributed by atoms with van der Waals surface area (Å²) in [6.45, 7) is 4.22. The number of rotatable bonds is 5. The lowest BCUT2D eigenvalue weighted by Gasteiger charge is -2.09. The van der Waals surface area contributed by atoms with Gasteiger partial charge in [0.05, 0.1) is 6.61 Å². The van der Waals surface area contributed by atoms with Crippen molar-refractivity contribution in [2.75, 3.05) is 11.9 Å². The van der Waals surface area contributed by atoms with Gasteiger partial charge in [0.15, 0.2) is 0 Å². The van der Waals surface area contributed by atoms with Crippen LogP contribution >= 0.6 is 11.3 Å². The molecule has 2 aromatic carbocycles. The third-order valence-corrected chi connectivity index (χ3v) is 4.56. The molecule has 3 aromatic rings. The summed E-state index contributed by atoms with van der Waals surface area (Å²) < 4.78 is 5.27. The molecule has 1 aromatic heterocycles. The molecule has 0 aliphatic rings. The third kappa shape index (κ3) is 3.49. The van der Waals surface area contributed by atoms with Gasteiger partial charge in [-0.1, -0.05) is 48.0 Å². The van der Waals surface area contributed by atoms with Gasteiger partial charge in [0.1, 0.15) is 10.6 Å². The monoisotopic (exact) mass is 337 g/mol. The lowest BCUT2D eigenvalue weighted by molar-refractivity contribution is 0.0529. The van der Waals surface area contributed by atoms with Crippen LogP contribution < -0.4 is 5.32 Å². The Kier molecular flexibility index (Phi) is 4.96. The summed E-state index contributed by atoms with van der Waals surface area (Å²) in [7, 11) is 0. The number of thiophene rings is 1. The standard InChI is InChI=1S/C20H19NO2S/c1-3-23-20(22)18-17(15-7-5-4-6-8-15)13-24-19(18)21-16-11-9-14(2)10-12-16/h4-13,21H,3H2,1-2H3. The number of nitrogens with one attached hydrogen (secondary N) is 1. The lowest BCUT2D eigenvalue weighted by atomic mass is 10.0. The van der Waals surface area contributed by atoms with Gasteiger partial charge in [-0.25, -0.2) is 4.79 Å². The van der Waals surface area contributed by atoms with Crippen LogP contribution in [0.1, 0.15) is 22.8 Å². The topological polar surface area (TPSA) is 38.3 Å². The second-order valence-electron chi connectivity index (χ2n) is 5.43. The number of hydrogen-bond acceptors (Lipinski definition) is 4. The average molecular weight is 337 g/mol. The van der Waals surface area contributed by atoms with Crippen molar-refractivity contribution in [1.29, 1.82) is 0 Å². The number of ether oxygens (including phenoxy) is 1. The highest BCUT2D eigenvalue weighted by molar-refractivity contribution is 7.15. The summed E-state index contributed by atoms with van der Waals surface area (Å²) in [6, 6.07) is 18.0. The molecular weight excluding hydrogens is 318 g/mol. The van der Waals surface area contributed by atoms with Gasteiger partial charge in [-0.2, -0.15) is 0 Å². The lowest BCUT2D eigenvalue weighted by Crippen LogP contribution is -2.07. The van der Waals surface area contributed by atoms with Gasteiger partial charge in [-0.3, -0.25) is 0 Å². The van der Waals surface area contributed by atoms with Gasteiger partial charge in [0.25, 0.3) is 0 Å². The zero-order valence-corrected chi connectivity index (χ0v) is 14.5. The molecule has 0 radical (unpaired) electrons. The molecule has 0 amide bonds. The molecular formula is C20H19NO2S. The molecule has 0 fully saturated rings.